The number of hydrogen-bond donors (Lipinski definition) is 0. The van der Waals surface area contributed by atoms with Gasteiger partial charge in [-0.05, 0) is 30.3 Å². The van der Waals surface area contributed by atoms with E-state index in [4.69, 9.17) is 0 Å². The van der Waals surface area contributed by atoms with Crippen LogP contribution in [0, 0.1) is 0 Å². The van der Waals surface area contributed by atoms with Gasteiger partial charge in [-0.25, -0.2) is 26.8 Å². The van der Waals surface area contributed by atoms with Crippen LogP contribution >= 0.6 is 0 Å². The molecule has 2 aromatic carbocycles. The Balaban J connectivity index is 0.00000144. The molecule has 0 bridgehead atoms. The zero-order valence-corrected chi connectivity index (χ0v) is 18.3. The van der Waals surface area contributed by atoms with Crippen LogP contribution in [-0.2, 0) is 20.2 Å². The van der Waals surface area contributed by atoms with Gasteiger partial charge in [-0.3, -0.25) is 0 Å². The van der Waals surface area contributed by atoms with Crippen LogP contribution in [0.5, 0.6) is 0 Å². The van der Waals surface area contributed by atoms with Crippen LogP contribution in [0.3, 0.4) is 0 Å². The molecule has 1 heterocycles. The van der Waals surface area contributed by atoms with Gasteiger partial charge in [-0.2, -0.15) is 0 Å². The summed E-state index contributed by atoms with van der Waals surface area (Å²) in [6, 6.07) is 7.17. The van der Waals surface area contributed by atoms with Gasteiger partial charge in [0.05, 0.1) is 26.3 Å². The van der Waals surface area contributed by atoms with Crippen molar-refractivity contribution in [3.8, 4) is 0 Å². The predicted molar refractivity (Wildman–Crippen MR) is 73.0 cm³/mol. The molecule has 12 heteroatoms. The van der Waals surface area contributed by atoms with E-state index >= 15 is 0 Å². The van der Waals surface area contributed by atoms with Crippen LogP contribution < -0.4 is 59.1 Å². The van der Waals surface area contributed by atoms with Crippen molar-refractivity contribution in [2.75, 3.05) is 0 Å². The number of aromatic nitrogens is 2. The molecule has 0 saturated heterocycles. The van der Waals surface area contributed by atoms with Crippen molar-refractivity contribution >= 4 is 42.3 Å². The van der Waals surface area contributed by atoms with E-state index in [-0.39, 0.29) is 81.2 Å². The Hall–Kier alpha value is -0.140. The van der Waals surface area contributed by atoms with E-state index in [0.29, 0.717) is 0 Å². The fourth-order valence-electron chi connectivity index (χ4n) is 2.01. The first-order chi connectivity index (χ1) is 10.2. The maximum Gasteiger partial charge on any atom is 1.00 e. The minimum atomic E-state index is -4.73. The molecular formula is C12H6N2Na2O6S2. The van der Waals surface area contributed by atoms with Crippen molar-refractivity contribution in [1.82, 2.24) is 9.97 Å². The quantitative estimate of drug-likeness (QED) is 0.242. The van der Waals surface area contributed by atoms with E-state index in [2.05, 4.69) is 9.97 Å². The van der Waals surface area contributed by atoms with E-state index in [0.717, 1.165) is 18.2 Å². The van der Waals surface area contributed by atoms with Crippen molar-refractivity contribution in [3.63, 3.8) is 0 Å². The average Bonchev–Trinajstić information content (AvgIpc) is 2.41. The summed E-state index contributed by atoms with van der Waals surface area (Å²) in [5.74, 6) is 0. The Morgan fingerprint density at radius 1 is 0.750 bits per heavy atom. The molecule has 0 N–H and O–H groups in total. The summed E-state index contributed by atoms with van der Waals surface area (Å²) in [7, 11) is -9.37. The monoisotopic (exact) mass is 384 g/mol. The Morgan fingerprint density at radius 2 is 1.42 bits per heavy atom. The summed E-state index contributed by atoms with van der Waals surface area (Å²) >= 11 is 0. The molecule has 1 aromatic heterocycles. The first kappa shape index (κ1) is 21.9. The summed E-state index contributed by atoms with van der Waals surface area (Å²) in [4.78, 5) is 7.10. The molecule has 0 unspecified atom stereocenters. The van der Waals surface area contributed by atoms with Gasteiger partial charge in [0.15, 0.2) is 0 Å². The first-order valence-corrected chi connectivity index (χ1v) is 8.60. The zero-order valence-electron chi connectivity index (χ0n) is 12.6. The predicted octanol–water partition coefficient (Wildman–Crippen LogP) is -5.40. The number of fused-ring (bicyclic) bond motifs is 2. The Kier molecular flexibility index (Phi) is 6.95. The number of rotatable bonds is 2. The van der Waals surface area contributed by atoms with Crippen LogP contribution in [0.25, 0.3) is 22.1 Å². The van der Waals surface area contributed by atoms with Crippen molar-refractivity contribution in [3.05, 3.63) is 36.4 Å². The second kappa shape index (κ2) is 7.62. The molecule has 3 rings (SSSR count). The van der Waals surface area contributed by atoms with E-state index in [1.807, 2.05) is 0 Å². The SMILES string of the molecule is O=S(=O)([O-])c1ccc2nc3c(S(=O)(=O)[O-])cccc3nc2c1.[Na+].[Na+]. The minimum absolute atomic E-state index is 0. The summed E-state index contributed by atoms with van der Waals surface area (Å²) in [6.07, 6.45) is 0. The molecular weight excluding hydrogens is 378 g/mol. The van der Waals surface area contributed by atoms with Crippen LogP contribution in [0.15, 0.2) is 46.2 Å². The third-order valence-electron chi connectivity index (χ3n) is 2.96. The van der Waals surface area contributed by atoms with Crippen LogP contribution in [0.1, 0.15) is 0 Å². The molecule has 8 nitrogen and oxygen atoms in total. The molecule has 0 spiro atoms. The maximum atomic E-state index is 11.2. The van der Waals surface area contributed by atoms with E-state index in [1.54, 1.807) is 0 Å². The van der Waals surface area contributed by atoms with Gasteiger partial charge in [0.25, 0.3) is 0 Å². The van der Waals surface area contributed by atoms with Gasteiger partial charge in [0, 0.05) is 0 Å². The summed E-state index contributed by atoms with van der Waals surface area (Å²) in [5, 5.41) is 0. The standard InChI is InChI=1S/C12H8N2O6S2.2Na/c15-21(16,17)7-4-5-8-10(6-7)13-9-2-1-3-11(12(9)14-8)22(18,19)20;;/h1-6H,(H,15,16,17)(H,18,19,20);;/q;2*+1/p-2. The van der Waals surface area contributed by atoms with Crippen LogP contribution in [-0.4, -0.2) is 35.9 Å². The molecule has 3 aromatic rings. The molecule has 0 aliphatic rings. The molecule has 114 valence electrons. The molecule has 0 saturated carbocycles. The number of para-hydroxylation sites is 1. The fraction of sp³-hybridized carbons (Fsp3) is 0. The number of benzene rings is 2. The minimum Gasteiger partial charge on any atom is -0.744 e. The van der Waals surface area contributed by atoms with E-state index in [9.17, 15) is 25.9 Å². The molecule has 0 fully saturated rings. The topological polar surface area (TPSA) is 140 Å². The van der Waals surface area contributed by atoms with E-state index < -0.39 is 30.0 Å². The first-order valence-electron chi connectivity index (χ1n) is 5.78. The third kappa shape index (κ3) is 4.33. The zero-order chi connectivity index (χ0) is 16.1. The fourth-order valence-corrected chi connectivity index (χ4v) is 3.13. The van der Waals surface area contributed by atoms with Gasteiger partial charge in [0.2, 0.25) is 0 Å². The molecule has 0 aliphatic carbocycles. The molecule has 0 radical (unpaired) electrons. The number of hydrogen-bond acceptors (Lipinski definition) is 8. The largest absolute Gasteiger partial charge is 1.00 e. The molecule has 24 heavy (non-hydrogen) atoms. The Labute approximate surface area is 181 Å². The molecule has 0 aliphatic heterocycles. The molecule has 0 atom stereocenters. The van der Waals surface area contributed by atoms with Crippen molar-refractivity contribution in [1.29, 1.82) is 0 Å². The van der Waals surface area contributed by atoms with Crippen molar-refractivity contribution in [2.45, 2.75) is 9.79 Å². The summed E-state index contributed by atoms with van der Waals surface area (Å²) < 4.78 is 66.7. The van der Waals surface area contributed by atoms with Gasteiger partial charge in [-0.15, -0.1) is 0 Å². The summed E-state index contributed by atoms with van der Waals surface area (Å²) in [5.41, 5.74) is 0.258. The molecule has 0 amide bonds. The average molecular weight is 384 g/mol. The van der Waals surface area contributed by atoms with Gasteiger partial charge < -0.3 is 9.11 Å². The Bertz CT molecular complexity index is 1130. The Morgan fingerprint density at radius 3 is 2.00 bits per heavy atom. The maximum absolute atomic E-state index is 11.2. The smallest absolute Gasteiger partial charge is 0.744 e. The summed E-state index contributed by atoms with van der Waals surface area (Å²) in [6.45, 7) is 0. The van der Waals surface area contributed by atoms with Crippen LogP contribution in [0.4, 0.5) is 0 Å². The van der Waals surface area contributed by atoms with Crippen molar-refractivity contribution < 1.29 is 85.1 Å². The van der Waals surface area contributed by atoms with Gasteiger partial charge in [-0.1, -0.05) is 6.07 Å². The van der Waals surface area contributed by atoms with Gasteiger partial charge >= 0.3 is 59.1 Å². The van der Waals surface area contributed by atoms with Gasteiger partial charge in [0.1, 0.15) is 25.8 Å². The second-order valence-corrected chi connectivity index (χ2v) is 7.13. The van der Waals surface area contributed by atoms with E-state index in [1.165, 1.54) is 18.2 Å². The normalized spacial score (nSPS) is 11.8. The number of nitrogens with zero attached hydrogens (tertiary/aromatic N) is 2. The van der Waals surface area contributed by atoms with Crippen LogP contribution in [0.2, 0.25) is 0 Å². The second-order valence-electron chi connectivity index (χ2n) is 4.41. The third-order valence-corrected chi connectivity index (χ3v) is 4.66. The van der Waals surface area contributed by atoms with Crippen molar-refractivity contribution in [2.24, 2.45) is 0 Å².